The molecule has 0 spiro atoms. The lowest BCUT2D eigenvalue weighted by molar-refractivity contribution is 0.00578. The molecule has 2 fully saturated rings. The van der Waals surface area contributed by atoms with Gasteiger partial charge in [-0.3, -0.25) is 4.98 Å². The van der Waals surface area contributed by atoms with Gasteiger partial charge in [-0.15, -0.1) is 0 Å². The van der Waals surface area contributed by atoms with Gasteiger partial charge in [0.05, 0.1) is 11.2 Å². The van der Waals surface area contributed by atoms with Gasteiger partial charge >= 0.3 is 7.12 Å². The lowest BCUT2D eigenvalue weighted by Gasteiger charge is -2.32. The first-order chi connectivity index (χ1) is 9.30. The molecule has 1 aromatic heterocycles. The van der Waals surface area contributed by atoms with Crippen LogP contribution in [0.2, 0.25) is 0 Å². The largest absolute Gasteiger partial charge is 0.496 e. The van der Waals surface area contributed by atoms with Crippen molar-refractivity contribution in [1.29, 1.82) is 0 Å². The molecule has 108 valence electrons. The fourth-order valence-electron chi connectivity index (χ4n) is 2.74. The Bertz CT molecular complexity index is 507. The molecule has 1 saturated carbocycles. The van der Waals surface area contributed by atoms with Crippen LogP contribution in [-0.2, 0) is 9.31 Å². The normalized spacial score (nSPS) is 24.8. The van der Waals surface area contributed by atoms with Crippen LogP contribution < -0.4 is 5.46 Å². The molecule has 2 heterocycles. The van der Waals surface area contributed by atoms with Gasteiger partial charge in [0.15, 0.2) is 0 Å². The molecule has 0 unspecified atom stereocenters. The minimum Gasteiger partial charge on any atom is -0.399 e. The molecule has 1 aromatic rings. The number of aryl methyl sites for hydroxylation is 1. The summed E-state index contributed by atoms with van der Waals surface area (Å²) in [6.07, 6.45) is 3.90. The highest BCUT2D eigenvalue weighted by molar-refractivity contribution is 6.62. The van der Waals surface area contributed by atoms with Gasteiger partial charge in [0.1, 0.15) is 0 Å². The molecule has 0 aromatic carbocycles. The van der Waals surface area contributed by atoms with E-state index in [2.05, 4.69) is 46.8 Å². The number of aromatic nitrogens is 1. The summed E-state index contributed by atoms with van der Waals surface area (Å²) >= 11 is 0. The number of rotatable bonds is 2. The summed E-state index contributed by atoms with van der Waals surface area (Å²) in [5, 5.41) is 0. The molecule has 1 aliphatic heterocycles. The van der Waals surface area contributed by atoms with Crippen molar-refractivity contribution >= 4 is 12.6 Å². The Hall–Kier alpha value is -0.865. The second-order valence-corrected chi connectivity index (χ2v) is 7.13. The second kappa shape index (κ2) is 4.57. The molecule has 0 N–H and O–H groups in total. The van der Waals surface area contributed by atoms with Crippen LogP contribution in [0.1, 0.15) is 64.3 Å². The predicted octanol–water partition coefficient (Wildman–Crippen LogP) is 2.96. The molecule has 3 nitrogen and oxygen atoms in total. The minimum absolute atomic E-state index is 0.295. The van der Waals surface area contributed by atoms with Crippen molar-refractivity contribution < 1.29 is 9.31 Å². The Morgan fingerprint density at radius 2 is 1.70 bits per heavy atom. The molecule has 1 aliphatic carbocycles. The van der Waals surface area contributed by atoms with Gasteiger partial charge < -0.3 is 9.31 Å². The standard InChI is InChI=1S/C16H24BNO2/c1-11-13(9-10-14(18-11)12-7-6-8-12)17-19-15(2,3)16(4,5)20-17/h9-10,12H,6-8H2,1-5H3. The highest BCUT2D eigenvalue weighted by Crippen LogP contribution is 2.37. The number of nitrogens with zero attached hydrogens (tertiary/aromatic N) is 1. The van der Waals surface area contributed by atoms with E-state index in [1.807, 2.05) is 0 Å². The van der Waals surface area contributed by atoms with Crippen LogP contribution in [0.15, 0.2) is 12.1 Å². The fraction of sp³-hybridized carbons (Fsp3) is 0.688. The summed E-state index contributed by atoms with van der Waals surface area (Å²) in [6, 6.07) is 4.29. The lowest BCUT2D eigenvalue weighted by Crippen LogP contribution is -2.41. The second-order valence-electron chi connectivity index (χ2n) is 7.13. The number of hydrogen-bond donors (Lipinski definition) is 0. The third-order valence-corrected chi connectivity index (χ3v) is 5.18. The van der Waals surface area contributed by atoms with Crippen LogP contribution >= 0.6 is 0 Å². The predicted molar refractivity (Wildman–Crippen MR) is 81.3 cm³/mol. The first kappa shape index (κ1) is 14.1. The van der Waals surface area contributed by atoms with Crippen molar-refractivity contribution in [3.63, 3.8) is 0 Å². The molecule has 1 saturated heterocycles. The van der Waals surface area contributed by atoms with E-state index in [1.165, 1.54) is 25.0 Å². The van der Waals surface area contributed by atoms with E-state index in [9.17, 15) is 0 Å². The van der Waals surface area contributed by atoms with Crippen molar-refractivity contribution in [2.75, 3.05) is 0 Å². The molecule has 3 rings (SSSR count). The van der Waals surface area contributed by atoms with E-state index in [0.29, 0.717) is 5.92 Å². The van der Waals surface area contributed by atoms with Crippen molar-refractivity contribution in [2.45, 2.75) is 71.0 Å². The monoisotopic (exact) mass is 273 g/mol. The Kier molecular flexibility index (Phi) is 3.22. The minimum atomic E-state index is -0.303. The zero-order valence-corrected chi connectivity index (χ0v) is 13.2. The summed E-state index contributed by atoms with van der Waals surface area (Å²) in [4.78, 5) is 4.78. The summed E-state index contributed by atoms with van der Waals surface area (Å²) in [5.41, 5.74) is 2.74. The molecule has 0 amide bonds. The van der Waals surface area contributed by atoms with Crippen molar-refractivity contribution in [1.82, 2.24) is 4.98 Å². The molecule has 20 heavy (non-hydrogen) atoms. The average Bonchev–Trinajstić information content (AvgIpc) is 2.45. The third kappa shape index (κ3) is 2.19. The molecule has 4 heteroatoms. The van der Waals surface area contributed by atoms with E-state index in [1.54, 1.807) is 0 Å². The summed E-state index contributed by atoms with van der Waals surface area (Å²) in [5.74, 6) is 0.668. The summed E-state index contributed by atoms with van der Waals surface area (Å²) in [7, 11) is -0.303. The van der Waals surface area contributed by atoms with E-state index in [0.717, 1.165) is 11.2 Å². The Morgan fingerprint density at radius 3 is 2.15 bits per heavy atom. The van der Waals surface area contributed by atoms with Crippen molar-refractivity contribution in [3.8, 4) is 0 Å². The quantitative estimate of drug-likeness (QED) is 0.776. The van der Waals surface area contributed by atoms with Gasteiger partial charge in [-0.05, 0) is 53.5 Å². The number of pyridine rings is 1. The zero-order valence-electron chi connectivity index (χ0n) is 13.2. The Morgan fingerprint density at radius 1 is 1.10 bits per heavy atom. The molecular weight excluding hydrogens is 249 g/mol. The van der Waals surface area contributed by atoms with Gasteiger partial charge in [-0.2, -0.15) is 0 Å². The Labute approximate surface area is 122 Å². The average molecular weight is 273 g/mol. The smallest absolute Gasteiger partial charge is 0.399 e. The van der Waals surface area contributed by atoms with E-state index < -0.39 is 0 Å². The van der Waals surface area contributed by atoms with Crippen LogP contribution in [0.4, 0.5) is 0 Å². The van der Waals surface area contributed by atoms with Crippen molar-refractivity contribution in [3.05, 3.63) is 23.5 Å². The van der Waals surface area contributed by atoms with Crippen LogP contribution in [-0.4, -0.2) is 23.3 Å². The summed E-state index contributed by atoms with van der Waals surface area (Å²) < 4.78 is 12.2. The van der Waals surface area contributed by atoms with Gasteiger partial charge in [-0.1, -0.05) is 12.5 Å². The van der Waals surface area contributed by atoms with E-state index >= 15 is 0 Å². The van der Waals surface area contributed by atoms with Crippen LogP contribution in [0.5, 0.6) is 0 Å². The molecule has 0 radical (unpaired) electrons. The maximum absolute atomic E-state index is 6.11. The first-order valence-electron chi connectivity index (χ1n) is 7.63. The maximum atomic E-state index is 6.11. The molecular formula is C16H24BNO2. The lowest BCUT2D eigenvalue weighted by atomic mass is 9.76. The highest BCUT2D eigenvalue weighted by atomic mass is 16.7. The first-order valence-corrected chi connectivity index (χ1v) is 7.63. The van der Waals surface area contributed by atoms with Crippen molar-refractivity contribution in [2.24, 2.45) is 0 Å². The van der Waals surface area contributed by atoms with Gasteiger partial charge in [0, 0.05) is 22.8 Å². The molecule has 0 bridgehead atoms. The SMILES string of the molecule is Cc1nc(C2CCC2)ccc1B1OC(C)(C)C(C)(C)O1. The van der Waals surface area contributed by atoms with Gasteiger partial charge in [0.25, 0.3) is 0 Å². The zero-order chi connectivity index (χ0) is 14.5. The van der Waals surface area contributed by atoms with E-state index in [-0.39, 0.29) is 18.3 Å². The van der Waals surface area contributed by atoms with Gasteiger partial charge in [-0.25, -0.2) is 0 Å². The molecule has 0 atom stereocenters. The number of hydrogen-bond acceptors (Lipinski definition) is 3. The van der Waals surface area contributed by atoms with E-state index in [4.69, 9.17) is 14.3 Å². The Balaban J connectivity index is 1.85. The van der Waals surface area contributed by atoms with Crippen LogP contribution in [0.3, 0.4) is 0 Å². The van der Waals surface area contributed by atoms with Crippen LogP contribution in [0, 0.1) is 6.92 Å². The highest BCUT2D eigenvalue weighted by Gasteiger charge is 2.52. The van der Waals surface area contributed by atoms with Crippen LogP contribution in [0.25, 0.3) is 0 Å². The fourth-order valence-corrected chi connectivity index (χ4v) is 2.74. The van der Waals surface area contributed by atoms with Gasteiger partial charge in [0.2, 0.25) is 0 Å². The molecule has 2 aliphatic rings. The topological polar surface area (TPSA) is 31.4 Å². The summed E-state index contributed by atoms with van der Waals surface area (Å²) in [6.45, 7) is 10.4. The maximum Gasteiger partial charge on any atom is 0.496 e. The third-order valence-electron chi connectivity index (χ3n) is 5.18.